The van der Waals surface area contributed by atoms with Crippen molar-refractivity contribution in [2.75, 3.05) is 34.4 Å². The molecule has 6 atom stereocenters. The van der Waals surface area contributed by atoms with Gasteiger partial charge in [-0.2, -0.15) is 26.3 Å². The number of amides is 5. The number of piperidine rings is 2. The van der Waals surface area contributed by atoms with Gasteiger partial charge in [0.2, 0.25) is 11.8 Å². The van der Waals surface area contributed by atoms with Crippen LogP contribution in [0.2, 0.25) is 0 Å². The second-order valence-electron chi connectivity index (χ2n) is 27.7. The summed E-state index contributed by atoms with van der Waals surface area (Å²) < 4.78 is 123. The summed E-state index contributed by atoms with van der Waals surface area (Å²) >= 11 is 0. The number of nitrogens with zero attached hydrogens (tertiary/aromatic N) is 2. The number of esters is 1. The first kappa shape index (κ1) is 80.1. The molecular weight excluding hydrogens is 1360 g/mol. The van der Waals surface area contributed by atoms with E-state index in [1.807, 2.05) is 48.5 Å². The molecule has 6 aromatic rings. The fourth-order valence-corrected chi connectivity index (χ4v) is 13.5. The van der Waals surface area contributed by atoms with E-state index in [-0.39, 0.29) is 46.7 Å². The molecule has 19 nitrogen and oxygen atoms in total. The van der Waals surface area contributed by atoms with Crippen LogP contribution in [0.5, 0.6) is 0 Å². The zero-order chi connectivity index (χ0) is 76.0. The fourth-order valence-electron chi connectivity index (χ4n) is 13.5. The van der Waals surface area contributed by atoms with Crippen molar-refractivity contribution in [3.63, 3.8) is 0 Å². The van der Waals surface area contributed by atoms with Crippen molar-refractivity contribution in [1.29, 1.82) is 0 Å². The molecule has 9 N–H and O–H groups in total. The molecule has 560 valence electrons. The van der Waals surface area contributed by atoms with Crippen molar-refractivity contribution in [2.45, 2.75) is 193 Å². The summed E-state index contributed by atoms with van der Waals surface area (Å²) in [5, 5.41) is 32.3. The Labute approximate surface area is 599 Å². The maximum absolute atomic E-state index is 15.0. The molecule has 0 bridgehead atoms. The van der Waals surface area contributed by atoms with Crippen LogP contribution < -0.4 is 32.3 Å². The number of nitrogens with two attached hydrogens (primary N) is 1. The number of likely N-dealkylation sites (tertiary alicyclic amines) is 2. The number of nitrogens with one attached hydrogen (secondary N) is 5. The number of carboxylic acids is 1. The number of aliphatic hydroxyl groups is 1. The summed E-state index contributed by atoms with van der Waals surface area (Å²) in [6.07, 6.45) is 0.349. The Balaban J connectivity index is 0.000000226. The van der Waals surface area contributed by atoms with Crippen molar-refractivity contribution in [2.24, 2.45) is 17.6 Å². The molecule has 5 amide bonds. The lowest BCUT2D eigenvalue weighted by Gasteiger charge is -2.41. The maximum atomic E-state index is 15.0. The average molecular weight is 1460 g/mol. The number of alkyl carbamates (subject to hydrolysis) is 1. The smallest absolute Gasteiger partial charge is 0.416 e. The van der Waals surface area contributed by atoms with Gasteiger partial charge < -0.3 is 61.8 Å². The number of aliphatic carboxylic acids is 1. The molecule has 2 aliphatic heterocycles. The second-order valence-corrected chi connectivity index (χ2v) is 27.7. The predicted molar refractivity (Wildman–Crippen MR) is 376 cm³/mol. The van der Waals surface area contributed by atoms with Crippen LogP contribution in [-0.2, 0) is 54.2 Å². The lowest BCUT2D eigenvalue weighted by atomic mass is 9.83. The fraction of sp³-hybridized carbons (Fsp3) is 0.442. The number of anilines is 4. The molecule has 0 aromatic heterocycles. The maximum Gasteiger partial charge on any atom is 0.416 e. The standard InChI is InChI=1S/C36H40F4N4O4.C33H35F4N3O3.C8H15NO4/c1-21-7-5-11-30(37)31(21)34(46)44-18-6-10-28(32(44)23-12-15-26(16-13-23)42-25-8-3-4-9-25)33(45)43-27-17-14-24(20-48-35(47)22(2)41)29(19-27)36(38,39)40;1-20-6-4-10-28(34)29(20)32(43)40-17-5-9-26(30(40)21-11-14-24(15-12-21)38-23-7-2-3-8-23)31(42)39-25-16-13-22(19-41)27(18-25)33(35,36)37;1-5(6(10)11)9-7(12)13-8(2,3)4/h5,7,11-17,19,22,25,28,32,42H,3-4,6,8-10,18,20,41H2,1-2H3,(H,43,45);4,6,10-16,18,23,26,30,38,41H,2-3,5,7-9,17,19H2,1H3,(H,39,42);5H,1-4H3,(H,9,12)(H,10,11)/t22-,28-,32-;26-,30-;5-/m000/s1. The van der Waals surface area contributed by atoms with Gasteiger partial charge in [-0.1, -0.05) is 86.3 Å². The van der Waals surface area contributed by atoms with Crippen molar-refractivity contribution in [3.05, 3.63) is 189 Å². The monoisotopic (exact) mass is 1450 g/mol. The van der Waals surface area contributed by atoms with Crippen LogP contribution in [0, 0.1) is 37.3 Å². The van der Waals surface area contributed by atoms with Crippen LogP contribution in [0.3, 0.4) is 0 Å². The first-order valence-corrected chi connectivity index (χ1v) is 34.7. The van der Waals surface area contributed by atoms with E-state index in [1.54, 1.807) is 46.8 Å². The zero-order valence-corrected chi connectivity index (χ0v) is 59.0. The van der Waals surface area contributed by atoms with E-state index in [0.717, 1.165) is 74.2 Å². The number of alkyl halides is 6. The van der Waals surface area contributed by atoms with Gasteiger partial charge in [0.1, 0.15) is 35.9 Å². The molecule has 27 heteroatoms. The van der Waals surface area contributed by atoms with Crippen LogP contribution in [0.1, 0.15) is 189 Å². The van der Waals surface area contributed by atoms with E-state index >= 15 is 4.39 Å². The van der Waals surface area contributed by atoms with Gasteiger partial charge in [-0.15, -0.1) is 0 Å². The highest BCUT2D eigenvalue weighted by atomic mass is 19.4. The Kier molecular flexibility index (Phi) is 27.1. The predicted octanol–water partition coefficient (Wildman–Crippen LogP) is 15.3. The molecule has 0 unspecified atom stereocenters. The van der Waals surface area contributed by atoms with Crippen molar-refractivity contribution < 1.29 is 88.4 Å². The van der Waals surface area contributed by atoms with E-state index in [2.05, 4.69) is 26.6 Å². The largest absolute Gasteiger partial charge is 0.480 e. The van der Waals surface area contributed by atoms with E-state index in [1.165, 1.54) is 72.9 Å². The van der Waals surface area contributed by atoms with Gasteiger partial charge in [-0.05, 0) is 188 Å². The molecular formula is C77H90F8N8O11. The number of rotatable bonds is 18. The van der Waals surface area contributed by atoms with Gasteiger partial charge in [0, 0.05) is 53.5 Å². The van der Waals surface area contributed by atoms with Crippen molar-refractivity contribution in [3.8, 4) is 0 Å². The molecule has 6 aromatic carbocycles. The van der Waals surface area contributed by atoms with Crippen molar-refractivity contribution >= 4 is 64.4 Å². The average Bonchev–Trinajstić information content (AvgIpc) is 0.949. The third-order valence-electron chi connectivity index (χ3n) is 18.7. The first-order valence-electron chi connectivity index (χ1n) is 34.7. The zero-order valence-electron chi connectivity index (χ0n) is 59.0. The van der Waals surface area contributed by atoms with Gasteiger partial charge in [0.25, 0.3) is 11.8 Å². The van der Waals surface area contributed by atoms with E-state index in [9.17, 15) is 69.4 Å². The molecule has 2 saturated heterocycles. The summed E-state index contributed by atoms with van der Waals surface area (Å²) in [5.74, 6) is -7.19. The normalized spacial score (nSPS) is 18.5. The van der Waals surface area contributed by atoms with E-state index in [0.29, 0.717) is 60.0 Å². The number of carboxylic acid groups (broad SMARTS) is 1. The van der Waals surface area contributed by atoms with Crippen LogP contribution in [0.25, 0.3) is 0 Å². The molecule has 2 aliphatic carbocycles. The highest BCUT2D eigenvalue weighted by Gasteiger charge is 2.44. The summed E-state index contributed by atoms with van der Waals surface area (Å²) in [6.45, 7) is 10.2. The number of hydrogen-bond acceptors (Lipinski definition) is 13. The van der Waals surface area contributed by atoms with Gasteiger partial charge >= 0.3 is 30.4 Å². The van der Waals surface area contributed by atoms with Gasteiger partial charge in [0.15, 0.2) is 0 Å². The number of carbonyl (C=O) groups is 7. The Bertz CT molecular complexity index is 3970. The number of benzene rings is 6. The highest BCUT2D eigenvalue weighted by Crippen LogP contribution is 2.43. The van der Waals surface area contributed by atoms with E-state index < -0.39 is 132 Å². The van der Waals surface area contributed by atoms with Crippen molar-refractivity contribution in [1.82, 2.24) is 15.1 Å². The Morgan fingerprint density at radius 2 is 0.952 bits per heavy atom. The first-order chi connectivity index (χ1) is 49.1. The molecule has 2 saturated carbocycles. The Morgan fingerprint density at radius 3 is 1.32 bits per heavy atom. The number of hydrogen-bond donors (Lipinski definition) is 8. The number of halogens is 8. The van der Waals surface area contributed by atoms with Crippen LogP contribution >= 0.6 is 0 Å². The van der Waals surface area contributed by atoms with Crippen LogP contribution in [0.4, 0.5) is 62.7 Å². The minimum atomic E-state index is -4.81. The Morgan fingerprint density at radius 1 is 0.558 bits per heavy atom. The lowest BCUT2D eigenvalue weighted by molar-refractivity contribution is -0.148. The molecule has 0 spiro atoms. The van der Waals surface area contributed by atoms with Gasteiger partial charge in [-0.3, -0.25) is 28.8 Å². The van der Waals surface area contributed by atoms with E-state index in [4.69, 9.17) is 20.3 Å². The van der Waals surface area contributed by atoms with Gasteiger partial charge in [-0.25, -0.2) is 13.6 Å². The molecule has 4 aliphatic rings. The van der Waals surface area contributed by atoms with Crippen LogP contribution in [0.15, 0.2) is 121 Å². The summed E-state index contributed by atoms with van der Waals surface area (Å²) in [6, 6.07) is 27.4. The molecule has 104 heavy (non-hydrogen) atoms. The minimum absolute atomic E-state index is 0.0671. The third-order valence-corrected chi connectivity index (χ3v) is 18.7. The number of aryl methyl sites for hydroxylation is 2. The third kappa shape index (κ3) is 21.3. The number of aliphatic hydroxyl groups excluding tert-OH is 1. The summed E-state index contributed by atoms with van der Waals surface area (Å²) in [5.41, 5.74) is 5.85. The summed E-state index contributed by atoms with van der Waals surface area (Å²) in [7, 11) is 0. The lowest BCUT2D eigenvalue weighted by Crippen LogP contribution is -2.46. The van der Waals surface area contributed by atoms with Gasteiger partial charge in [0.05, 0.1) is 52.8 Å². The van der Waals surface area contributed by atoms with Crippen LogP contribution in [-0.4, -0.2) is 105 Å². The SMILES string of the molecule is C[C@H](NC(=O)OC(C)(C)C)C(=O)O.Cc1cccc(F)c1C(=O)N1CCC[C@H](C(=O)Nc2ccc(CO)c(C(F)(F)F)c2)[C@@H]1c1ccc(NC2CCCC2)cc1.Cc1cccc(F)c1C(=O)N1CCC[C@H](C(=O)Nc2ccc(COC(=O)[C@H](C)N)c(C(F)(F)F)c2)[C@@H]1c1ccc(NC2CCCC2)cc1. The summed E-state index contributed by atoms with van der Waals surface area (Å²) in [4.78, 5) is 91.6. The molecule has 0 radical (unpaired) electrons. The minimum Gasteiger partial charge on any atom is -0.480 e. The topological polar surface area (TPSA) is 271 Å². The molecule has 4 fully saturated rings. The number of carbonyl (C=O) groups excluding carboxylic acids is 6. The Hall–Kier alpha value is -9.63. The highest BCUT2D eigenvalue weighted by molar-refractivity contribution is 5.99. The molecule has 10 rings (SSSR count). The quantitative estimate of drug-likeness (QED) is 0.0294. The molecule has 2 heterocycles. The second kappa shape index (κ2) is 35.2. The number of ether oxygens (including phenoxy) is 2.